The van der Waals surface area contributed by atoms with Crippen molar-refractivity contribution in [2.24, 2.45) is 4.40 Å². The van der Waals surface area contributed by atoms with Gasteiger partial charge in [-0.25, -0.2) is 0 Å². The minimum Gasteiger partial charge on any atom is -0.368 e. The van der Waals surface area contributed by atoms with Gasteiger partial charge in [-0.05, 0) is 36.1 Å². The SMILES string of the molecule is CN(C)/C=N/S(=O)(=O)c1ccc([C@@H]2C[C@H]2c2ccn[nH]2)cc1. The van der Waals surface area contributed by atoms with Gasteiger partial charge in [0.25, 0.3) is 10.0 Å². The molecule has 7 heteroatoms. The molecule has 1 fully saturated rings. The van der Waals surface area contributed by atoms with Crippen LogP contribution in [0.5, 0.6) is 0 Å². The van der Waals surface area contributed by atoms with E-state index in [0.29, 0.717) is 11.8 Å². The minimum atomic E-state index is -3.62. The van der Waals surface area contributed by atoms with Crippen molar-refractivity contribution in [3.63, 3.8) is 0 Å². The van der Waals surface area contributed by atoms with E-state index < -0.39 is 10.0 Å². The molecule has 2 atom stereocenters. The van der Waals surface area contributed by atoms with Gasteiger partial charge in [-0.1, -0.05) is 12.1 Å². The Morgan fingerprint density at radius 2 is 1.95 bits per heavy atom. The molecular formula is C15H18N4O2S. The Kier molecular flexibility index (Phi) is 3.74. The highest BCUT2D eigenvalue weighted by Crippen LogP contribution is 2.53. The molecule has 6 nitrogen and oxygen atoms in total. The van der Waals surface area contributed by atoms with Crippen LogP contribution in [0.2, 0.25) is 0 Å². The fourth-order valence-electron chi connectivity index (χ4n) is 2.48. The van der Waals surface area contributed by atoms with Crippen molar-refractivity contribution >= 4 is 16.4 Å². The van der Waals surface area contributed by atoms with Crippen LogP contribution < -0.4 is 0 Å². The van der Waals surface area contributed by atoms with Crippen molar-refractivity contribution in [2.45, 2.75) is 23.2 Å². The summed E-state index contributed by atoms with van der Waals surface area (Å²) < 4.78 is 27.7. The summed E-state index contributed by atoms with van der Waals surface area (Å²) in [7, 11) is -0.169. The average molecular weight is 318 g/mol. The standard InChI is InChI=1S/C15H18N4O2S/c1-19(2)10-17-22(20,21)12-5-3-11(4-6-12)13-9-14(13)15-7-8-16-18-15/h3-8,10,13-14H,9H2,1-2H3,(H,16,18)/b17-10+/t13-,14+/m0/s1. The first-order valence-corrected chi connectivity index (χ1v) is 8.47. The van der Waals surface area contributed by atoms with E-state index in [2.05, 4.69) is 14.6 Å². The number of aromatic nitrogens is 2. The molecule has 1 aromatic heterocycles. The molecule has 3 rings (SSSR count). The number of nitrogens with one attached hydrogen (secondary N) is 1. The fraction of sp³-hybridized carbons (Fsp3) is 0.333. The molecule has 22 heavy (non-hydrogen) atoms. The number of rotatable bonds is 5. The van der Waals surface area contributed by atoms with Gasteiger partial charge in [0.15, 0.2) is 0 Å². The Bertz CT molecular complexity index is 764. The molecule has 0 aliphatic heterocycles. The molecule has 1 aromatic carbocycles. The second-order valence-corrected chi connectivity index (χ2v) is 7.32. The van der Waals surface area contributed by atoms with Gasteiger partial charge in [0.2, 0.25) is 0 Å². The van der Waals surface area contributed by atoms with Crippen LogP contribution in [-0.2, 0) is 10.0 Å². The number of nitrogens with zero attached hydrogens (tertiary/aromatic N) is 3. The van der Waals surface area contributed by atoms with Gasteiger partial charge in [-0.2, -0.15) is 13.5 Å². The summed E-state index contributed by atoms with van der Waals surface area (Å²) in [6, 6.07) is 8.98. The molecule has 0 amide bonds. The molecule has 1 saturated carbocycles. The number of aromatic amines is 1. The second-order valence-electron chi connectivity index (χ2n) is 5.69. The first-order valence-electron chi connectivity index (χ1n) is 7.03. The zero-order valence-corrected chi connectivity index (χ0v) is 13.3. The summed E-state index contributed by atoms with van der Waals surface area (Å²) in [5, 5.41) is 6.96. The molecule has 2 aromatic rings. The smallest absolute Gasteiger partial charge is 0.283 e. The van der Waals surface area contributed by atoms with Crippen molar-refractivity contribution in [2.75, 3.05) is 14.1 Å². The normalized spacial score (nSPS) is 21.2. The Hall–Kier alpha value is -2.15. The van der Waals surface area contributed by atoms with Crippen LogP contribution in [0.3, 0.4) is 0 Å². The Balaban J connectivity index is 1.74. The number of H-pyrrole nitrogens is 1. The van der Waals surface area contributed by atoms with Crippen molar-refractivity contribution in [1.82, 2.24) is 15.1 Å². The predicted octanol–water partition coefficient (Wildman–Crippen LogP) is 1.96. The zero-order chi connectivity index (χ0) is 15.7. The first-order chi connectivity index (χ1) is 10.5. The van der Waals surface area contributed by atoms with E-state index in [1.165, 1.54) is 6.34 Å². The number of hydrogen-bond acceptors (Lipinski definition) is 3. The lowest BCUT2D eigenvalue weighted by Gasteiger charge is -2.04. The van der Waals surface area contributed by atoms with E-state index in [1.807, 2.05) is 18.2 Å². The maximum atomic E-state index is 12.0. The summed E-state index contributed by atoms with van der Waals surface area (Å²) in [6.45, 7) is 0. The van der Waals surface area contributed by atoms with Crippen LogP contribution in [0.4, 0.5) is 0 Å². The summed E-state index contributed by atoms with van der Waals surface area (Å²) in [5.74, 6) is 0.888. The molecule has 1 aliphatic carbocycles. The quantitative estimate of drug-likeness (QED) is 0.675. The number of sulfonamides is 1. The summed E-state index contributed by atoms with van der Waals surface area (Å²) in [4.78, 5) is 1.80. The number of benzene rings is 1. The van der Waals surface area contributed by atoms with E-state index in [1.54, 1.807) is 37.3 Å². The third kappa shape index (κ3) is 3.04. The molecule has 1 aliphatic rings. The Labute approximate surface area is 129 Å². The Morgan fingerprint density at radius 3 is 2.55 bits per heavy atom. The van der Waals surface area contributed by atoms with Crippen molar-refractivity contribution in [1.29, 1.82) is 0 Å². The minimum absolute atomic E-state index is 0.216. The molecule has 0 unspecified atom stereocenters. The van der Waals surface area contributed by atoms with E-state index >= 15 is 0 Å². The molecule has 0 saturated heterocycles. The largest absolute Gasteiger partial charge is 0.368 e. The first kappa shape index (κ1) is 14.8. The van der Waals surface area contributed by atoms with E-state index in [9.17, 15) is 8.42 Å². The third-order valence-electron chi connectivity index (χ3n) is 3.74. The van der Waals surface area contributed by atoms with Crippen LogP contribution in [-0.4, -0.2) is 43.9 Å². The van der Waals surface area contributed by atoms with Crippen molar-refractivity contribution in [3.05, 3.63) is 47.8 Å². The van der Waals surface area contributed by atoms with E-state index in [0.717, 1.165) is 17.7 Å². The van der Waals surface area contributed by atoms with Crippen molar-refractivity contribution in [3.8, 4) is 0 Å². The molecule has 0 spiro atoms. The van der Waals surface area contributed by atoms with Crippen molar-refractivity contribution < 1.29 is 8.42 Å². The van der Waals surface area contributed by atoms with E-state index in [-0.39, 0.29) is 4.90 Å². The van der Waals surface area contributed by atoms with Gasteiger partial charge >= 0.3 is 0 Å². The summed E-state index contributed by atoms with van der Waals surface area (Å²) in [5.41, 5.74) is 2.28. The van der Waals surface area contributed by atoms with Gasteiger partial charge in [0.1, 0.15) is 6.34 Å². The van der Waals surface area contributed by atoms with Crippen LogP contribution in [0.1, 0.15) is 29.5 Å². The lowest BCUT2D eigenvalue weighted by Crippen LogP contribution is -2.10. The van der Waals surface area contributed by atoms with Gasteiger partial charge in [-0.3, -0.25) is 5.10 Å². The zero-order valence-electron chi connectivity index (χ0n) is 12.5. The summed E-state index contributed by atoms with van der Waals surface area (Å²) >= 11 is 0. The second kappa shape index (κ2) is 5.57. The van der Waals surface area contributed by atoms with Gasteiger partial charge in [-0.15, -0.1) is 4.40 Å². The highest BCUT2D eigenvalue weighted by Gasteiger charge is 2.40. The molecule has 0 bridgehead atoms. The van der Waals surface area contributed by atoms with Crippen LogP contribution >= 0.6 is 0 Å². The topological polar surface area (TPSA) is 78.4 Å². The molecule has 1 N–H and O–H groups in total. The molecule has 0 radical (unpaired) electrons. The molecule has 116 valence electrons. The maximum absolute atomic E-state index is 12.0. The van der Waals surface area contributed by atoms with E-state index in [4.69, 9.17) is 0 Å². The summed E-state index contributed by atoms with van der Waals surface area (Å²) in [6.07, 6.45) is 4.11. The lowest BCUT2D eigenvalue weighted by atomic mass is 10.1. The monoisotopic (exact) mass is 318 g/mol. The third-order valence-corrected chi connectivity index (χ3v) is 4.97. The average Bonchev–Trinajstić information content (AvgIpc) is 3.11. The fourth-order valence-corrected chi connectivity index (χ4v) is 3.40. The highest BCUT2D eigenvalue weighted by atomic mass is 32.2. The van der Waals surface area contributed by atoms with Crippen LogP contribution in [0, 0.1) is 0 Å². The van der Waals surface area contributed by atoms with Crippen LogP contribution in [0.25, 0.3) is 0 Å². The van der Waals surface area contributed by atoms with Gasteiger partial charge in [0, 0.05) is 31.9 Å². The van der Waals surface area contributed by atoms with Gasteiger partial charge in [0.05, 0.1) is 4.90 Å². The van der Waals surface area contributed by atoms with Gasteiger partial charge < -0.3 is 4.90 Å². The maximum Gasteiger partial charge on any atom is 0.283 e. The number of hydrogen-bond donors (Lipinski definition) is 1. The molecule has 1 heterocycles. The predicted molar refractivity (Wildman–Crippen MR) is 84.5 cm³/mol. The Morgan fingerprint density at radius 1 is 1.23 bits per heavy atom. The van der Waals surface area contributed by atoms with Crippen LogP contribution in [0.15, 0.2) is 45.8 Å². The lowest BCUT2D eigenvalue weighted by molar-refractivity contribution is 0.594. The molecular weight excluding hydrogens is 300 g/mol. The highest BCUT2D eigenvalue weighted by molar-refractivity contribution is 7.90.